The zero-order valence-electron chi connectivity index (χ0n) is 20.8. The van der Waals surface area contributed by atoms with Gasteiger partial charge in [0.05, 0.1) is 12.3 Å². The van der Waals surface area contributed by atoms with Gasteiger partial charge in [-0.25, -0.2) is 0 Å². The number of carbonyl (C=O) groups is 2. The van der Waals surface area contributed by atoms with E-state index in [2.05, 4.69) is 30.4 Å². The zero-order chi connectivity index (χ0) is 23.9. The smallest absolute Gasteiger partial charge is 0.261 e. The molecule has 5 nitrogen and oxygen atoms in total. The number of rotatable bonds is 6. The van der Waals surface area contributed by atoms with Crippen LogP contribution in [0, 0.1) is 34.5 Å². The highest BCUT2D eigenvalue weighted by Crippen LogP contribution is 2.66. The highest BCUT2D eigenvalue weighted by atomic mass is 32.1. The van der Waals surface area contributed by atoms with Gasteiger partial charge in [0, 0.05) is 10.8 Å². The van der Waals surface area contributed by atoms with Gasteiger partial charge in [-0.15, -0.1) is 11.3 Å². The van der Waals surface area contributed by atoms with Gasteiger partial charge < -0.3 is 10.2 Å². The van der Waals surface area contributed by atoms with Gasteiger partial charge in [-0.3, -0.25) is 9.59 Å². The molecule has 1 aromatic heterocycles. The number of amides is 1. The summed E-state index contributed by atoms with van der Waals surface area (Å²) in [4.78, 5) is 31.0. The maximum absolute atomic E-state index is 12.4. The number of hydrogen-bond donors (Lipinski definition) is 1. The molecule has 6 heteroatoms. The lowest BCUT2D eigenvalue weighted by molar-refractivity contribution is -0.128. The third kappa shape index (κ3) is 4.16. The number of hydrogen-bond acceptors (Lipinski definition) is 5. The number of fused-ring (bicyclic) bond motifs is 5. The molecular formula is C28H38N2O3S. The summed E-state index contributed by atoms with van der Waals surface area (Å²) in [6, 6.07) is 3.99. The molecule has 184 valence electrons. The maximum Gasteiger partial charge on any atom is 0.261 e. The molecule has 0 unspecified atom stereocenters. The Morgan fingerprint density at radius 3 is 2.76 bits per heavy atom. The van der Waals surface area contributed by atoms with Crippen molar-refractivity contribution in [1.82, 2.24) is 5.32 Å². The minimum absolute atomic E-state index is 0.0441. The second kappa shape index (κ2) is 9.25. The molecule has 3 fully saturated rings. The minimum atomic E-state index is -0.141. The van der Waals surface area contributed by atoms with Crippen LogP contribution >= 0.6 is 11.3 Å². The van der Waals surface area contributed by atoms with Gasteiger partial charge in [0.1, 0.15) is 5.78 Å². The zero-order valence-corrected chi connectivity index (χ0v) is 21.6. The summed E-state index contributed by atoms with van der Waals surface area (Å²) in [5.74, 6) is 2.69. The second-order valence-corrected chi connectivity index (χ2v) is 12.5. The van der Waals surface area contributed by atoms with Crippen LogP contribution in [0.2, 0.25) is 0 Å². The Kier molecular flexibility index (Phi) is 6.47. The van der Waals surface area contributed by atoms with Crippen LogP contribution < -0.4 is 5.32 Å². The van der Waals surface area contributed by atoms with E-state index in [-0.39, 0.29) is 29.3 Å². The van der Waals surface area contributed by atoms with Gasteiger partial charge in [0.15, 0.2) is 6.61 Å². The Morgan fingerprint density at radius 1 is 1.15 bits per heavy atom. The van der Waals surface area contributed by atoms with Crippen molar-refractivity contribution < 1.29 is 14.4 Å². The van der Waals surface area contributed by atoms with Crippen molar-refractivity contribution in [2.45, 2.75) is 78.7 Å². The van der Waals surface area contributed by atoms with Crippen LogP contribution in [0.5, 0.6) is 0 Å². The van der Waals surface area contributed by atoms with Crippen molar-refractivity contribution in [3.63, 3.8) is 0 Å². The van der Waals surface area contributed by atoms with Crippen molar-refractivity contribution in [2.24, 2.45) is 39.7 Å². The van der Waals surface area contributed by atoms with Crippen LogP contribution in [0.25, 0.3) is 0 Å². The van der Waals surface area contributed by atoms with E-state index in [4.69, 9.17) is 4.84 Å². The molecule has 3 saturated carbocycles. The SMILES string of the molecule is CC(=O)[C@H]1CC[C@@H]2[C@H]3CCC4=CC(=NOCC(=O)NCc5cccs5)CC[C@]4(C)[C@H]3CC[C@]12C. The van der Waals surface area contributed by atoms with Crippen LogP contribution in [0.4, 0.5) is 0 Å². The summed E-state index contributed by atoms with van der Waals surface area (Å²) in [6.45, 7) is 7.20. The summed E-state index contributed by atoms with van der Waals surface area (Å²) < 4.78 is 0. The van der Waals surface area contributed by atoms with E-state index >= 15 is 0 Å². The molecule has 1 heterocycles. The average molecular weight is 483 g/mol. The van der Waals surface area contributed by atoms with Gasteiger partial charge in [-0.1, -0.05) is 30.6 Å². The van der Waals surface area contributed by atoms with E-state index in [1.54, 1.807) is 11.3 Å². The molecule has 1 aromatic rings. The molecule has 0 saturated heterocycles. The lowest BCUT2D eigenvalue weighted by Crippen LogP contribution is -2.51. The van der Waals surface area contributed by atoms with Gasteiger partial charge >= 0.3 is 0 Å². The molecule has 34 heavy (non-hydrogen) atoms. The van der Waals surface area contributed by atoms with Crippen molar-refractivity contribution in [1.29, 1.82) is 0 Å². The fourth-order valence-electron chi connectivity index (χ4n) is 8.13. The van der Waals surface area contributed by atoms with Crippen LogP contribution in [0.1, 0.15) is 77.0 Å². The van der Waals surface area contributed by atoms with Crippen molar-refractivity contribution in [3.05, 3.63) is 34.0 Å². The molecule has 1 amide bonds. The second-order valence-electron chi connectivity index (χ2n) is 11.5. The predicted octanol–water partition coefficient (Wildman–Crippen LogP) is 5.90. The Balaban J connectivity index is 1.21. The third-order valence-electron chi connectivity index (χ3n) is 9.89. The number of Topliss-reactive ketones (excluding diaryl/α,β-unsaturated/α-hetero) is 1. The summed E-state index contributed by atoms with van der Waals surface area (Å²) in [6.07, 6.45) is 11.4. The van der Waals surface area contributed by atoms with Crippen LogP contribution in [0.3, 0.4) is 0 Å². The van der Waals surface area contributed by atoms with E-state index in [9.17, 15) is 9.59 Å². The number of nitrogens with one attached hydrogen (secondary N) is 1. The van der Waals surface area contributed by atoms with Gasteiger partial charge in [-0.05, 0) is 104 Å². The first-order valence-corrected chi connectivity index (χ1v) is 13.9. The number of ketones is 1. The standard InChI is InChI=1S/C28H38N2O3S/c1-18(31)23-8-9-24-22-7-6-19-15-20(10-12-27(19,2)25(22)11-13-28(23,24)3)30-33-17-26(32)29-16-21-5-4-14-34-21/h4-5,14-15,22-25H,6-13,16-17H2,1-3H3,(H,29,32)/t22-,23-,24-,25+,27+,28-/m1/s1. The molecule has 0 bridgehead atoms. The Morgan fingerprint density at radius 2 is 2.00 bits per heavy atom. The first-order chi connectivity index (χ1) is 16.3. The van der Waals surface area contributed by atoms with E-state index in [1.807, 2.05) is 24.4 Å². The molecule has 0 aliphatic heterocycles. The Labute approximate surface area is 207 Å². The third-order valence-corrected chi connectivity index (χ3v) is 10.8. The Bertz CT molecular complexity index is 999. The number of oxime groups is 1. The molecule has 4 aliphatic carbocycles. The summed E-state index contributed by atoms with van der Waals surface area (Å²) >= 11 is 1.63. The first-order valence-electron chi connectivity index (χ1n) is 13.0. The van der Waals surface area contributed by atoms with Gasteiger partial charge in [-0.2, -0.15) is 0 Å². The largest absolute Gasteiger partial charge is 0.385 e. The average Bonchev–Trinajstić information content (AvgIpc) is 3.45. The monoisotopic (exact) mass is 482 g/mol. The van der Waals surface area contributed by atoms with E-state index in [0.29, 0.717) is 24.2 Å². The molecule has 1 N–H and O–H groups in total. The summed E-state index contributed by atoms with van der Waals surface area (Å²) in [5, 5.41) is 9.21. The van der Waals surface area contributed by atoms with E-state index in [1.165, 1.54) is 31.3 Å². The van der Waals surface area contributed by atoms with Crippen molar-refractivity contribution >= 4 is 28.7 Å². The summed E-state index contributed by atoms with van der Waals surface area (Å²) in [5.41, 5.74) is 2.93. The normalized spacial score (nSPS) is 37.9. The molecular weight excluding hydrogens is 444 g/mol. The molecule has 4 aliphatic rings. The lowest BCUT2D eigenvalue weighted by atomic mass is 9.46. The van der Waals surface area contributed by atoms with Crippen molar-refractivity contribution in [3.8, 4) is 0 Å². The van der Waals surface area contributed by atoms with Gasteiger partial charge in [0.2, 0.25) is 0 Å². The fourth-order valence-corrected chi connectivity index (χ4v) is 8.78. The summed E-state index contributed by atoms with van der Waals surface area (Å²) in [7, 11) is 0. The van der Waals surface area contributed by atoms with Crippen LogP contribution in [-0.4, -0.2) is 24.0 Å². The minimum Gasteiger partial charge on any atom is -0.385 e. The highest BCUT2D eigenvalue weighted by Gasteiger charge is 2.59. The first kappa shape index (κ1) is 23.8. The molecule has 6 atom stereocenters. The predicted molar refractivity (Wildman–Crippen MR) is 135 cm³/mol. The maximum atomic E-state index is 12.4. The number of nitrogens with zero attached hydrogens (tertiary/aromatic N) is 1. The Hall–Kier alpha value is -1.95. The lowest BCUT2D eigenvalue weighted by Gasteiger charge is -2.58. The molecule has 0 aromatic carbocycles. The van der Waals surface area contributed by atoms with Crippen molar-refractivity contribution in [2.75, 3.05) is 6.61 Å². The van der Waals surface area contributed by atoms with Crippen LogP contribution in [0.15, 0.2) is 34.3 Å². The molecule has 0 radical (unpaired) electrons. The topological polar surface area (TPSA) is 67.8 Å². The number of carbonyl (C=O) groups excluding carboxylic acids is 2. The van der Waals surface area contributed by atoms with Gasteiger partial charge in [0.25, 0.3) is 5.91 Å². The van der Waals surface area contributed by atoms with Crippen LogP contribution in [-0.2, 0) is 21.0 Å². The molecule has 5 rings (SSSR count). The van der Waals surface area contributed by atoms with E-state index < -0.39 is 0 Å². The molecule has 0 spiro atoms. The van der Waals surface area contributed by atoms with E-state index in [0.717, 1.165) is 42.2 Å². The number of allylic oxidation sites excluding steroid dienone is 2. The highest BCUT2D eigenvalue weighted by molar-refractivity contribution is 7.09. The fraction of sp³-hybridized carbons (Fsp3) is 0.679. The number of thiophene rings is 1. The quantitative estimate of drug-likeness (QED) is 0.513.